The summed E-state index contributed by atoms with van der Waals surface area (Å²) in [7, 11) is 0. The van der Waals surface area contributed by atoms with Gasteiger partial charge in [0.25, 0.3) is 0 Å². The predicted molar refractivity (Wildman–Crippen MR) is 80.6 cm³/mol. The molecule has 0 saturated carbocycles. The molecule has 0 aliphatic heterocycles. The zero-order chi connectivity index (χ0) is 14.5. The van der Waals surface area contributed by atoms with Gasteiger partial charge in [-0.2, -0.15) is 0 Å². The number of aryl methyl sites for hydroxylation is 1. The monoisotopic (exact) mass is 339 g/mol. The van der Waals surface area contributed by atoms with E-state index < -0.39 is 0 Å². The molecule has 2 rings (SSSR count). The third-order valence-electron chi connectivity index (χ3n) is 3.21. The zero-order valence-corrected chi connectivity index (χ0v) is 12.8. The van der Waals surface area contributed by atoms with Crippen LogP contribution in [-0.2, 0) is 13.0 Å². The summed E-state index contributed by atoms with van der Waals surface area (Å²) < 4.78 is 27.3. The Morgan fingerprint density at radius 1 is 1.05 bits per heavy atom. The van der Waals surface area contributed by atoms with Gasteiger partial charge < -0.3 is 5.32 Å². The Balaban J connectivity index is 1.84. The topological polar surface area (TPSA) is 12.0 Å². The molecule has 0 aliphatic rings. The van der Waals surface area contributed by atoms with Gasteiger partial charge in [0.1, 0.15) is 11.6 Å². The van der Waals surface area contributed by atoms with Gasteiger partial charge >= 0.3 is 0 Å². The average Bonchev–Trinajstić information content (AvgIpc) is 2.39. The maximum Gasteiger partial charge on any atom is 0.128 e. The molecule has 0 heterocycles. The van der Waals surface area contributed by atoms with E-state index in [2.05, 4.69) is 21.2 Å². The van der Waals surface area contributed by atoms with Crippen LogP contribution >= 0.6 is 15.9 Å². The van der Waals surface area contributed by atoms with Crippen molar-refractivity contribution in [2.75, 3.05) is 6.54 Å². The molecular weight excluding hydrogens is 324 g/mol. The Kier molecular flexibility index (Phi) is 5.26. The molecule has 0 bridgehead atoms. The number of hydrogen-bond donors (Lipinski definition) is 1. The van der Waals surface area contributed by atoms with Crippen molar-refractivity contribution in [3.8, 4) is 0 Å². The molecule has 106 valence electrons. The third kappa shape index (κ3) is 4.12. The molecule has 0 aliphatic carbocycles. The second-order valence-electron chi connectivity index (χ2n) is 4.73. The van der Waals surface area contributed by atoms with Gasteiger partial charge in [-0.3, -0.25) is 0 Å². The normalized spacial score (nSPS) is 10.8. The first-order chi connectivity index (χ1) is 9.56. The van der Waals surface area contributed by atoms with Gasteiger partial charge in [-0.1, -0.05) is 28.1 Å². The molecule has 0 aromatic heterocycles. The molecule has 0 radical (unpaired) electrons. The van der Waals surface area contributed by atoms with Crippen LogP contribution in [0.4, 0.5) is 8.78 Å². The predicted octanol–water partition coefficient (Wildman–Crippen LogP) is 4.37. The fourth-order valence-electron chi connectivity index (χ4n) is 2.05. The van der Waals surface area contributed by atoms with E-state index in [1.54, 1.807) is 12.1 Å². The molecule has 2 aromatic carbocycles. The van der Waals surface area contributed by atoms with Crippen molar-refractivity contribution < 1.29 is 8.78 Å². The molecular formula is C16H16BrF2N. The molecule has 0 saturated heterocycles. The summed E-state index contributed by atoms with van der Waals surface area (Å²) in [4.78, 5) is 0. The summed E-state index contributed by atoms with van der Waals surface area (Å²) in [6, 6.07) is 9.84. The van der Waals surface area contributed by atoms with E-state index in [9.17, 15) is 8.78 Å². The van der Waals surface area contributed by atoms with Crippen LogP contribution in [0.5, 0.6) is 0 Å². The highest BCUT2D eigenvalue weighted by molar-refractivity contribution is 9.10. The van der Waals surface area contributed by atoms with Gasteiger partial charge in [0.05, 0.1) is 0 Å². The minimum Gasteiger partial charge on any atom is -0.312 e. The molecule has 0 amide bonds. The van der Waals surface area contributed by atoms with E-state index in [4.69, 9.17) is 0 Å². The van der Waals surface area contributed by atoms with Crippen molar-refractivity contribution in [3.05, 3.63) is 69.2 Å². The first-order valence-electron chi connectivity index (χ1n) is 6.46. The van der Waals surface area contributed by atoms with Crippen LogP contribution in [0.25, 0.3) is 0 Å². The summed E-state index contributed by atoms with van der Waals surface area (Å²) in [5.41, 5.74) is 2.70. The van der Waals surface area contributed by atoms with Gasteiger partial charge in [0.2, 0.25) is 0 Å². The fraction of sp³-hybridized carbons (Fsp3) is 0.250. The van der Waals surface area contributed by atoms with Crippen molar-refractivity contribution in [2.45, 2.75) is 19.9 Å². The molecule has 1 nitrogen and oxygen atoms in total. The lowest BCUT2D eigenvalue weighted by atomic mass is 10.1. The molecule has 0 unspecified atom stereocenters. The number of benzene rings is 2. The Labute approximate surface area is 126 Å². The highest BCUT2D eigenvalue weighted by Gasteiger charge is 2.03. The second kappa shape index (κ2) is 6.95. The van der Waals surface area contributed by atoms with Crippen LogP contribution in [0.2, 0.25) is 0 Å². The highest BCUT2D eigenvalue weighted by atomic mass is 79.9. The summed E-state index contributed by atoms with van der Waals surface area (Å²) in [6.45, 7) is 3.11. The maximum absolute atomic E-state index is 13.6. The second-order valence-corrected chi connectivity index (χ2v) is 5.65. The summed E-state index contributed by atoms with van der Waals surface area (Å²) in [6.07, 6.45) is 0.796. The van der Waals surface area contributed by atoms with Crippen molar-refractivity contribution in [1.82, 2.24) is 5.32 Å². The van der Waals surface area contributed by atoms with E-state index in [0.29, 0.717) is 12.1 Å². The van der Waals surface area contributed by atoms with Crippen molar-refractivity contribution in [1.29, 1.82) is 0 Å². The standard InChI is InChI=1S/C16H16BrF2N/c1-11-8-15(18)5-3-12(11)6-7-20-10-13-2-4-14(17)9-16(13)19/h2-5,8-9,20H,6-7,10H2,1H3. The smallest absolute Gasteiger partial charge is 0.128 e. The van der Waals surface area contributed by atoms with Crippen molar-refractivity contribution in [3.63, 3.8) is 0 Å². The fourth-order valence-corrected chi connectivity index (χ4v) is 2.38. The van der Waals surface area contributed by atoms with E-state index >= 15 is 0 Å². The minimum atomic E-state index is -0.218. The molecule has 0 fully saturated rings. The molecule has 4 heteroatoms. The van der Waals surface area contributed by atoms with Gasteiger partial charge in [-0.15, -0.1) is 0 Å². The lowest BCUT2D eigenvalue weighted by Gasteiger charge is -2.08. The summed E-state index contributed by atoms with van der Waals surface area (Å²) in [5.74, 6) is -0.430. The minimum absolute atomic E-state index is 0.212. The highest BCUT2D eigenvalue weighted by Crippen LogP contribution is 2.15. The van der Waals surface area contributed by atoms with Crippen LogP contribution in [0.1, 0.15) is 16.7 Å². The van der Waals surface area contributed by atoms with Crippen molar-refractivity contribution in [2.24, 2.45) is 0 Å². The van der Waals surface area contributed by atoms with Gasteiger partial charge in [-0.05, 0) is 55.3 Å². The SMILES string of the molecule is Cc1cc(F)ccc1CCNCc1ccc(Br)cc1F. The lowest BCUT2D eigenvalue weighted by molar-refractivity contribution is 0.587. The van der Waals surface area contributed by atoms with Crippen LogP contribution in [-0.4, -0.2) is 6.54 Å². The summed E-state index contributed by atoms with van der Waals surface area (Å²) in [5, 5.41) is 3.20. The van der Waals surface area contributed by atoms with Crippen LogP contribution in [0.3, 0.4) is 0 Å². The largest absolute Gasteiger partial charge is 0.312 e. The summed E-state index contributed by atoms with van der Waals surface area (Å²) >= 11 is 3.23. The molecule has 0 atom stereocenters. The Bertz CT molecular complexity index is 546. The van der Waals surface area contributed by atoms with E-state index in [0.717, 1.165) is 28.6 Å². The van der Waals surface area contributed by atoms with Crippen molar-refractivity contribution >= 4 is 15.9 Å². The number of nitrogens with one attached hydrogen (secondary N) is 1. The Morgan fingerprint density at radius 3 is 2.50 bits per heavy atom. The average molecular weight is 340 g/mol. The quantitative estimate of drug-likeness (QED) is 0.797. The number of hydrogen-bond acceptors (Lipinski definition) is 1. The molecule has 2 aromatic rings. The zero-order valence-electron chi connectivity index (χ0n) is 11.2. The Hall–Kier alpha value is -1.26. The van der Waals surface area contributed by atoms with Gasteiger partial charge in [-0.25, -0.2) is 8.78 Å². The van der Waals surface area contributed by atoms with Crippen LogP contribution < -0.4 is 5.32 Å². The molecule has 20 heavy (non-hydrogen) atoms. The van der Waals surface area contributed by atoms with E-state index in [1.807, 2.05) is 13.0 Å². The van der Waals surface area contributed by atoms with Crippen LogP contribution in [0.15, 0.2) is 40.9 Å². The van der Waals surface area contributed by atoms with Crippen LogP contribution in [0, 0.1) is 18.6 Å². The van der Waals surface area contributed by atoms with E-state index in [1.165, 1.54) is 18.2 Å². The Morgan fingerprint density at radius 2 is 1.80 bits per heavy atom. The molecule has 1 N–H and O–H groups in total. The van der Waals surface area contributed by atoms with Gasteiger partial charge in [0.15, 0.2) is 0 Å². The maximum atomic E-state index is 13.6. The lowest BCUT2D eigenvalue weighted by Crippen LogP contribution is -2.17. The molecule has 0 spiro atoms. The van der Waals surface area contributed by atoms with E-state index in [-0.39, 0.29) is 11.6 Å². The number of halogens is 3. The van der Waals surface area contributed by atoms with Gasteiger partial charge in [0, 0.05) is 16.6 Å². The number of rotatable bonds is 5. The third-order valence-corrected chi connectivity index (χ3v) is 3.70. The first-order valence-corrected chi connectivity index (χ1v) is 7.25. The first kappa shape index (κ1) is 15.1.